The summed E-state index contributed by atoms with van der Waals surface area (Å²) >= 11 is 3.66. The molecule has 2 aromatic carbocycles. The SMILES string of the molecule is CCOC(=O)[C@H]1[C@@H]2OC3(CC2Br)C(C(=O)Nc2ccc(N(CC)CC)cc2)N([C@H](CO)c2ccccc2)C(=O)[C@H]13. The molecule has 3 saturated heterocycles. The van der Waals surface area contributed by atoms with E-state index in [1.807, 2.05) is 54.6 Å². The summed E-state index contributed by atoms with van der Waals surface area (Å²) in [6.45, 7) is 7.39. The molecule has 3 aliphatic rings. The van der Waals surface area contributed by atoms with Gasteiger partial charge in [0.2, 0.25) is 11.8 Å². The van der Waals surface area contributed by atoms with Crippen molar-refractivity contribution in [2.24, 2.45) is 11.8 Å². The smallest absolute Gasteiger partial charge is 0.312 e. The zero-order chi connectivity index (χ0) is 28.6. The third kappa shape index (κ3) is 4.59. The minimum atomic E-state index is -1.25. The van der Waals surface area contributed by atoms with Crippen LogP contribution in [0.2, 0.25) is 0 Å². The number of anilines is 2. The summed E-state index contributed by atoms with van der Waals surface area (Å²) in [6.07, 6.45) is -0.227. The third-order valence-corrected chi connectivity index (χ3v) is 9.34. The van der Waals surface area contributed by atoms with E-state index in [0.29, 0.717) is 17.7 Å². The van der Waals surface area contributed by atoms with Gasteiger partial charge in [-0.25, -0.2) is 0 Å². The van der Waals surface area contributed by atoms with Gasteiger partial charge in [0.05, 0.1) is 37.2 Å². The first-order chi connectivity index (χ1) is 19.3. The lowest BCUT2D eigenvalue weighted by molar-refractivity contribution is -0.155. The molecule has 0 aliphatic carbocycles. The van der Waals surface area contributed by atoms with Crippen LogP contribution in [-0.2, 0) is 23.9 Å². The van der Waals surface area contributed by atoms with Crippen LogP contribution in [0.4, 0.5) is 11.4 Å². The molecule has 2 N–H and O–H groups in total. The predicted molar refractivity (Wildman–Crippen MR) is 154 cm³/mol. The summed E-state index contributed by atoms with van der Waals surface area (Å²) in [7, 11) is 0. The highest BCUT2D eigenvalue weighted by molar-refractivity contribution is 9.09. The second kappa shape index (κ2) is 11.5. The average Bonchev–Trinajstić information content (AvgIpc) is 3.55. The van der Waals surface area contributed by atoms with Crippen LogP contribution in [0.1, 0.15) is 38.8 Å². The normalized spacial score (nSPS) is 29.3. The summed E-state index contributed by atoms with van der Waals surface area (Å²) < 4.78 is 11.9. The lowest BCUT2D eigenvalue weighted by Crippen LogP contribution is -2.54. The molecule has 5 rings (SSSR count). The van der Waals surface area contributed by atoms with E-state index in [2.05, 4.69) is 40.0 Å². The number of benzene rings is 2. The summed E-state index contributed by atoms with van der Waals surface area (Å²) in [5, 5.41) is 13.5. The van der Waals surface area contributed by atoms with Gasteiger partial charge in [-0.2, -0.15) is 0 Å². The second-order valence-electron chi connectivity index (χ2n) is 10.5. The number of ether oxygens (including phenoxy) is 2. The van der Waals surface area contributed by atoms with E-state index >= 15 is 0 Å². The Morgan fingerprint density at radius 3 is 2.42 bits per heavy atom. The van der Waals surface area contributed by atoms with Gasteiger partial charge in [-0.1, -0.05) is 46.3 Å². The molecule has 3 unspecified atom stereocenters. The van der Waals surface area contributed by atoms with E-state index in [1.165, 1.54) is 4.90 Å². The number of aliphatic hydroxyl groups excluding tert-OH is 1. The molecule has 3 aliphatic heterocycles. The second-order valence-corrected chi connectivity index (χ2v) is 11.7. The molecule has 2 amide bonds. The van der Waals surface area contributed by atoms with Gasteiger partial charge < -0.3 is 29.7 Å². The molecule has 2 aromatic rings. The quantitative estimate of drug-likeness (QED) is 0.312. The molecule has 3 fully saturated rings. The van der Waals surface area contributed by atoms with Crippen molar-refractivity contribution in [3.8, 4) is 0 Å². The number of hydrogen-bond donors (Lipinski definition) is 2. The zero-order valence-corrected chi connectivity index (χ0v) is 24.5. The maximum Gasteiger partial charge on any atom is 0.312 e. The van der Waals surface area contributed by atoms with Crippen molar-refractivity contribution in [3.05, 3.63) is 60.2 Å². The zero-order valence-electron chi connectivity index (χ0n) is 23.0. The van der Waals surface area contributed by atoms with Crippen molar-refractivity contribution in [2.75, 3.05) is 36.5 Å². The molecule has 214 valence electrons. The van der Waals surface area contributed by atoms with Gasteiger partial charge in [-0.05, 0) is 57.0 Å². The first kappa shape index (κ1) is 28.6. The minimum Gasteiger partial charge on any atom is -0.466 e. The van der Waals surface area contributed by atoms with Gasteiger partial charge in [-0.3, -0.25) is 14.4 Å². The van der Waals surface area contributed by atoms with Crippen molar-refractivity contribution < 1.29 is 29.0 Å². The van der Waals surface area contributed by atoms with Gasteiger partial charge >= 0.3 is 5.97 Å². The lowest BCUT2D eigenvalue weighted by Gasteiger charge is -2.37. The number of carbonyl (C=O) groups is 3. The first-order valence-corrected chi connectivity index (χ1v) is 14.8. The minimum absolute atomic E-state index is 0.170. The molecule has 9 nitrogen and oxygen atoms in total. The monoisotopic (exact) mass is 613 g/mol. The summed E-state index contributed by atoms with van der Waals surface area (Å²) in [5.74, 6) is -3.08. The van der Waals surface area contributed by atoms with E-state index < -0.39 is 54.1 Å². The van der Waals surface area contributed by atoms with Crippen LogP contribution < -0.4 is 10.2 Å². The van der Waals surface area contributed by atoms with Crippen LogP contribution in [0.5, 0.6) is 0 Å². The summed E-state index contributed by atoms with van der Waals surface area (Å²) in [4.78, 5) is 45.0. The fourth-order valence-electron chi connectivity index (χ4n) is 6.80. The molecular weight excluding hydrogens is 578 g/mol. The van der Waals surface area contributed by atoms with Crippen molar-refractivity contribution in [1.29, 1.82) is 0 Å². The predicted octanol–water partition coefficient (Wildman–Crippen LogP) is 3.52. The van der Waals surface area contributed by atoms with Crippen molar-refractivity contribution in [2.45, 2.75) is 55.8 Å². The van der Waals surface area contributed by atoms with Crippen molar-refractivity contribution in [3.63, 3.8) is 0 Å². The van der Waals surface area contributed by atoms with Crippen LogP contribution in [0.15, 0.2) is 54.6 Å². The van der Waals surface area contributed by atoms with Crippen LogP contribution in [-0.4, -0.2) is 76.7 Å². The summed E-state index contributed by atoms with van der Waals surface area (Å²) in [6, 6.07) is 14.8. The highest BCUT2D eigenvalue weighted by Crippen LogP contribution is 2.61. The molecule has 40 heavy (non-hydrogen) atoms. The number of hydrogen-bond acceptors (Lipinski definition) is 7. The highest BCUT2D eigenvalue weighted by atomic mass is 79.9. The Bertz CT molecular complexity index is 1240. The Labute approximate surface area is 242 Å². The number of carbonyl (C=O) groups excluding carboxylic acids is 3. The maximum atomic E-state index is 14.3. The van der Waals surface area contributed by atoms with Crippen molar-refractivity contribution >= 4 is 45.1 Å². The standard InChI is InChI=1S/C30H36BrN3O6/c1-4-33(5-2)20-14-12-19(13-15-20)32-27(36)26-30-16-21(31)25(40-30)23(29(38)39-6-3)24(30)28(37)34(26)22(17-35)18-10-8-7-9-11-18/h7-15,21-26,35H,4-6,16-17H2,1-3H3,(H,32,36)/t21?,22-,23-,24+,25-,26?,30?/m1/s1. The van der Waals surface area contributed by atoms with Crippen LogP contribution in [0, 0.1) is 11.8 Å². The Balaban J connectivity index is 1.54. The number of halogens is 1. The largest absolute Gasteiger partial charge is 0.466 e. The first-order valence-electron chi connectivity index (χ1n) is 13.9. The molecule has 10 heteroatoms. The van der Waals surface area contributed by atoms with E-state index in [0.717, 1.165) is 18.8 Å². The number of rotatable bonds is 10. The summed E-state index contributed by atoms with van der Waals surface area (Å²) in [5.41, 5.74) is 1.06. The van der Waals surface area contributed by atoms with Gasteiger partial charge in [-0.15, -0.1) is 0 Å². The number of nitrogens with one attached hydrogen (secondary N) is 1. The van der Waals surface area contributed by atoms with Crippen LogP contribution in [0.3, 0.4) is 0 Å². The molecular formula is C30H36BrN3O6. The maximum absolute atomic E-state index is 14.3. The number of amides is 2. The number of fused-ring (bicyclic) bond motifs is 1. The average molecular weight is 615 g/mol. The molecule has 0 saturated carbocycles. The van der Waals surface area contributed by atoms with E-state index in [1.54, 1.807) is 6.92 Å². The molecule has 3 heterocycles. The Kier molecular flexibility index (Phi) is 8.22. The fraction of sp³-hybridized carbons (Fsp3) is 0.500. The van der Waals surface area contributed by atoms with Gasteiger partial charge in [0.25, 0.3) is 0 Å². The number of esters is 1. The number of aliphatic hydroxyl groups is 1. The van der Waals surface area contributed by atoms with E-state index in [-0.39, 0.29) is 17.3 Å². The molecule has 1 spiro atoms. The Hall–Kier alpha value is -2.95. The molecule has 7 atom stereocenters. The van der Waals surface area contributed by atoms with Crippen LogP contribution in [0.25, 0.3) is 0 Å². The van der Waals surface area contributed by atoms with Crippen molar-refractivity contribution in [1.82, 2.24) is 4.90 Å². The lowest BCUT2D eigenvalue weighted by atomic mass is 9.70. The molecule has 2 bridgehead atoms. The van der Waals surface area contributed by atoms with E-state index in [9.17, 15) is 19.5 Å². The Morgan fingerprint density at radius 1 is 1.15 bits per heavy atom. The molecule has 0 radical (unpaired) electrons. The number of likely N-dealkylation sites (tertiary alicyclic amines) is 1. The topological polar surface area (TPSA) is 108 Å². The highest BCUT2D eigenvalue weighted by Gasteiger charge is 2.77. The van der Waals surface area contributed by atoms with Gasteiger partial charge in [0.15, 0.2) is 0 Å². The Morgan fingerprint density at radius 2 is 1.82 bits per heavy atom. The molecule has 0 aromatic heterocycles. The van der Waals surface area contributed by atoms with Crippen LogP contribution >= 0.6 is 15.9 Å². The third-order valence-electron chi connectivity index (χ3n) is 8.49. The van der Waals surface area contributed by atoms with Gasteiger partial charge in [0, 0.05) is 29.3 Å². The van der Waals surface area contributed by atoms with E-state index in [4.69, 9.17) is 9.47 Å². The van der Waals surface area contributed by atoms with Gasteiger partial charge in [0.1, 0.15) is 11.6 Å². The number of nitrogens with zero attached hydrogens (tertiary/aromatic N) is 2. The number of alkyl halides is 1. The fourth-order valence-corrected chi connectivity index (χ4v) is 7.74.